The second kappa shape index (κ2) is 11.0. The van der Waals surface area contributed by atoms with Gasteiger partial charge in [0.1, 0.15) is 12.4 Å². The predicted molar refractivity (Wildman–Crippen MR) is 122 cm³/mol. The summed E-state index contributed by atoms with van der Waals surface area (Å²) in [6, 6.07) is 28.1. The fourth-order valence-electron chi connectivity index (χ4n) is 3.42. The van der Waals surface area contributed by atoms with Gasteiger partial charge in [0.15, 0.2) is 0 Å². The van der Waals surface area contributed by atoms with Gasteiger partial charge in [-0.25, -0.2) is 13.1 Å². The number of aryl methyl sites for hydroxylation is 1. The highest BCUT2D eigenvalue weighted by molar-refractivity contribution is 7.89. The minimum absolute atomic E-state index is 0.0656. The molecule has 1 N–H and O–H groups in total. The molecule has 0 aliphatic heterocycles. The molecule has 0 amide bonds. The molecule has 0 atom stereocenters. The van der Waals surface area contributed by atoms with Gasteiger partial charge in [0.05, 0.1) is 5.75 Å². The first kappa shape index (κ1) is 22.1. The van der Waals surface area contributed by atoms with Gasteiger partial charge in [-0.05, 0) is 41.7 Å². The van der Waals surface area contributed by atoms with Crippen molar-refractivity contribution < 1.29 is 13.2 Å². The molecule has 0 aromatic heterocycles. The van der Waals surface area contributed by atoms with Gasteiger partial charge < -0.3 is 4.74 Å². The molecule has 158 valence electrons. The third kappa shape index (κ3) is 6.71. The molecule has 3 aromatic rings. The fraction of sp³-hybridized carbons (Fsp3) is 0.280. The van der Waals surface area contributed by atoms with Gasteiger partial charge in [0, 0.05) is 12.5 Å². The molecule has 0 aliphatic rings. The number of benzene rings is 3. The van der Waals surface area contributed by atoms with E-state index in [1.807, 2.05) is 60.7 Å². The van der Waals surface area contributed by atoms with Crippen molar-refractivity contribution in [2.45, 2.75) is 25.7 Å². The Morgan fingerprint density at radius 1 is 0.833 bits per heavy atom. The molecule has 3 aromatic carbocycles. The Morgan fingerprint density at radius 3 is 1.93 bits per heavy atom. The average Bonchev–Trinajstić information content (AvgIpc) is 2.78. The lowest BCUT2D eigenvalue weighted by Gasteiger charge is -2.18. The number of sulfonamides is 1. The van der Waals surface area contributed by atoms with Crippen molar-refractivity contribution in [1.29, 1.82) is 0 Å². The quantitative estimate of drug-likeness (QED) is 0.483. The van der Waals surface area contributed by atoms with Crippen LogP contribution >= 0.6 is 0 Å². The summed E-state index contributed by atoms with van der Waals surface area (Å²) >= 11 is 0. The van der Waals surface area contributed by atoms with Crippen LogP contribution in [-0.4, -0.2) is 27.3 Å². The maximum atomic E-state index is 12.4. The predicted octanol–water partition coefficient (Wildman–Crippen LogP) is 4.77. The van der Waals surface area contributed by atoms with Crippen LogP contribution in [0.1, 0.15) is 36.0 Å². The van der Waals surface area contributed by atoms with E-state index in [1.165, 1.54) is 16.7 Å². The minimum atomic E-state index is -3.40. The first-order chi connectivity index (χ1) is 14.6. The Hall–Kier alpha value is -2.63. The number of nitrogens with one attached hydrogen (secondary N) is 1. The van der Waals surface area contributed by atoms with E-state index in [9.17, 15) is 8.42 Å². The molecule has 0 bridgehead atoms. The van der Waals surface area contributed by atoms with Crippen LogP contribution in [0.2, 0.25) is 0 Å². The molecule has 0 heterocycles. The SMILES string of the molecule is CCc1ccc(OCCS(=O)(=O)NCCC(c2ccccc2)c2ccccc2)cc1. The zero-order chi connectivity index (χ0) is 21.2. The highest BCUT2D eigenvalue weighted by atomic mass is 32.2. The summed E-state index contributed by atoms with van der Waals surface area (Å²) in [5.74, 6) is 0.767. The van der Waals surface area contributed by atoms with E-state index in [2.05, 4.69) is 35.9 Å². The maximum Gasteiger partial charge on any atom is 0.214 e. The number of hydrogen-bond donors (Lipinski definition) is 1. The van der Waals surface area contributed by atoms with Crippen LogP contribution in [0.5, 0.6) is 5.75 Å². The van der Waals surface area contributed by atoms with Crippen molar-refractivity contribution in [1.82, 2.24) is 4.72 Å². The van der Waals surface area contributed by atoms with Crippen LogP contribution < -0.4 is 9.46 Å². The summed E-state index contributed by atoms with van der Waals surface area (Å²) in [5.41, 5.74) is 3.59. The van der Waals surface area contributed by atoms with Crippen molar-refractivity contribution in [2.24, 2.45) is 0 Å². The van der Waals surface area contributed by atoms with Crippen LogP contribution in [0.25, 0.3) is 0 Å². The van der Waals surface area contributed by atoms with E-state index in [4.69, 9.17) is 4.74 Å². The number of hydrogen-bond acceptors (Lipinski definition) is 3. The average molecular weight is 424 g/mol. The van der Waals surface area contributed by atoms with Crippen LogP contribution in [0, 0.1) is 0 Å². The first-order valence-corrected chi connectivity index (χ1v) is 12.0. The van der Waals surface area contributed by atoms with Crippen molar-refractivity contribution in [2.75, 3.05) is 18.9 Å². The van der Waals surface area contributed by atoms with Gasteiger partial charge in [-0.2, -0.15) is 0 Å². The summed E-state index contributed by atoms with van der Waals surface area (Å²) in [5, 5.41) is 0. The molecule has 30 heavy (non-hydrogen) atoms. The second-order valence-electron chi connectivity index (χ2n) is 7.22. The zero-order valence-corrected chi connectivity index (χ0v) is 18.1. The lowest BCUT2D eigenvalue weighted by atomic mass is 9.89. The molecule has 0 fully saturated rings. The Balaban J connectivity index is 1.52. The monoisotopic (exact) mass is 423 g/mol. The summed E-state index contributed by atoms with van der Waals surface area (Å²) in [6.07, 6.45) is 1.65. The van der Waals surface area contributed by atoms with Crippen LogP contribution in [-0.2, 0) is 16.4 Å². The van der Waals surface area contributed by atoms with E-state index in [0.29, 0.717) is 18.7 Å². The number of rotatable bonds is 11. The zero-order valence-electron chi connectivity index (χ0n) is 17.3. The summed E-state index contributed by atoms with van der Waals surface area (Å²) in [4.78, 5) is 0. The van der Waals surface area contributed by atoms with Crippen molar-refractivity contribution in [3.05, 3.63) is 102 Å². The molecule has 0 unspecified atom stereocenters. The van der Waals surface area contributed by atoms with Crippen LogP contribution in [0.15, 0.2) is 84.9 Å². The third-order valence-electron chi connectivity index (χ3n) is 5.11. The maximum absolute atomic E-state index is 12.4. The summed E-state index contributed by atoms with van der Waals surface area (Å²) in [7, 11) is -3.40. The van der Waals surface area contributed by atoms with Crippen molar-refractivity contribution >= 4 is 10.0 Å². The molecule has 0 saturated heterocycles. The molecule has 0 aliphatic carbocycles. The van der Waals surface area contributed by atoms with E-state index in [1.54, 1.807) is 0 Å². The molecular weight excluding hydrogens is 394 g/mol. The lowest BCUT2D eigenvalue weighted by Crippen LogP contribution is -2.30. The Morgan fingerprint density at radius 2 is 1.40 bits per heavy atom. The largest absolute Gasteiger partial charge is 0.492 e. The van der Waals surface area contributed by atoms with E-state index >= 15 is 0 Å². The van der Waals surface area contributed by atoms with Gasteiger partial charge in [-0.1, -0.05) is 79.7 Å². The molecule has 4 nitrogen and oxygen atoms in total. The minimum Gasteiger partial charge on any atom is -0.492 e. The van der Waals surface area contributed by atoms with Crippen LogP contribution in [0.4, 0.5) is 0 Å². The molecule has 0 spiro atoms. The van der Waals surface area contributed by atoms with E-state index in [-0.39, 0.29) is 18.3 Å². The lowest BCUT2D eigenvalue weighted by molar-refractivity contribution is 0.340. The normalized spacial score (nSPS) is 11.5. The molecular formula is C25H29NO3S. The highest BCUT2D eigenvalue weighted by Crippen LogP contribution is 2.27. The first-order valence-electron chi connectivity index (χ1n) is 10.4. The van der Waals surface area contributed by atoms with Gasteiger partial charge in [0.25, 0.3) is 0 Å². The Bertz CT molecular complexity index is 948. The van der Waals surface area contributed by atoms with Crippen LogP contribution in [0.3, 0.4) is 0 Å². The fourth-order valence-corrected chi connectivity index (χ4v) is 4.29. The van der Waals surface area contributed by atoms with E-state index < -0.39 is 10.0 Å². The second-order valence-corrected chi connectivity index (χ2v) is 9.15. The number of ether oxygens (including phenoxy) is 1. The molecule has 5 heteroatoms. The van der Waals surface area contributed by atoms with Gasteiger partial charge in [-0.3, -0.25) is 0 Å². The van der Waals surface area contributed by atoms with Gasteiger partial charge in [0.2, 0.25) is 10.0 Å². The van der Waals surface area contributed by atoms with Gasteiger partial charge in [-0.15, -0.1) is 0 Å². The van der Waals surface area contributed by atoms with Crippen molar-refractivity contribution in [3.63, 3.8) is 0 Å². The van der Waals surface area contributed by atoms with E-state index in [0.717, 1.165) is 6.42 Å². The van der Waals surface area contributed by atoms with Gasteiger partial charge >= 0.3 is 0 Å². The Kier molecular flexibility index (Phi) is 8.05. The third-order valence-corrected chi connectivity index (χ3v) is 6.46. The standard InChI is InChI=1S/C25H29NO3S/c1-2-21-13-15-24(16-14-21)29-19-20-30(27,28)26-18-17-25(22-9-5-3-6-10-22)23-11-7-4-8-12-23/h3-16,25-26H,2,17-20H2,1H3. The molecule has 3 rings (SSSR count). The smallest absolute Gasteiger partial charge is 0.214 e. The highest BCUT2D eigenvalue weighted by Gasteiger charge is 2.16. The summed E-state index contributed by atoms with van der Waals surface area (Å²) in [6.45, 7) is 2.60. The Labute approximate surface area is 180 Å². The van der Waals surface area contributed by atoms with Crippen molar-refractivity contribution in [3.8, 4) is 5.75 Å². The summed E-state index contributed by atoms with van der Waals surface area (Å²) < 4.78 is 33.1. The molecule has 0 saturated carbocycles. The molecule has 0 radical (unpaired) electrons. The topological polar surface area (TPSA) is 55.4 Å².